The molecule has 0 aliphatic rings. The van der Waals surface area contributed by atoms with Crippen molar-refractivity contribution in [1.29, 1.82) is 0 Å². The maximum absolute atomic E-state index is 13.1. The summed E-state index contributed by atoms with van der Waals surface area (Å²) in [5, 5.41) is 2.11. The van der Waals surface area contributed by atoms with Crippen molar-refractivity contribution in [3.63, 3.8) is 0 Å². The Morgan fingerprint density at radius 1 is 1.47 bits per heavy atom. The first-order valence-corrected chi connectivity index (χ1v) is 5.81. The van der Waals surface area contributed by atoms with Crippen LogP contribution in [0.4, 0.5) is 14.9 Å². The highest BCUT2D eigenvalue weighted by atomic mass is 35.5. The van der Waals surface area contributed by atoms with Crippen molar-refractivity contribution in [1.82, 2.24) is 0 Å². The third-order valence-corrected chi connectivity index (χ3v) is 2.66. The average molecular weight is 280 g/mol. The minimum Gasteiger partial charge on any atom is -0.446 e. The van der Waals surface area contributed by atoms with Crippen LogP contribution >= 0.6 is 23.2 Å². The summed E-state index contributed by atoms with van der Waals surface area (Å²) in [6, 6.07) is 2.53. The lowest BCUT2D eigenvalue weighted by atomic mass is 10.3. The molecule has 0 aromatic heterocycles. The van der Waals surface area contributed by atoms with Crippen LogP contribution in [-0.2, 0) is 4.74 Å². The molecule has 17 heavy (non-hydrogen) atoms. The quantitative estimate of drug-likeness (QED) is 0.829. The first-order valence-electron chi connectivity index (χ1n) is 5.06. The molecule has 1 rings (SSSR count). The van der Waals surface area contributed by atoms with E-state index in [0.29, 0.717) is 6.42 Å². The molecular formula is C11H12Cl2FNO2. The molecule has 0 saturated carbocycles. The summed E-state index contributed by atoms with van der Waals surface area (Å²) in [6.07, 6.45) is -0.113. The standard InChI is InChI=1S/C11H12Cl2FNO2/c1-3-6(2)17-11(16)15-7-4-8(12)10(14)9(13)5-7/h4-6H,3H2,1-2H3,(H,15,16). The van der Waals surface area contributed by atoms with Gasteiger partial charge in [-0.1, -0.05) is 30.1 Å². The molecule has 0 saturated heterocycles. The Kier molecular flexibility index (Phi) is 5.02. The van der Waals surface area contributed by atoms with E-state index in [1.165, 1.54) is 12.1 Å². The Morgan fingerprint density at radius 2 is 2.00 bits per heavy atom. The van der Waals surface area contributed by atoms with Crippen LogP contribution < -0.4 is 5.32 Å². The molecule has 0 heterocycles. The van der Waals surface area contributed by atoms with Gasteiger partial charge in [0, 0.05) is 5.69 Å². The normalized spacial score (nSPS) is 12.1. The van der Waals surface area contributed by atoms with Crippen molar-refractivity contribution in [3.8, 4) is 0 Å². The molecule has 1 unspecified atom stereocenters. The van der Waals surface area contributed by atoms with Gasteiger partial charge in [-0.3, -0.25) is 5.32 Å². The van der Waals surface area contributed by atoms with E-state index in [2.05, 4.69) is 5.32 Å². The second-order valence-electron chi connectivity index (χ2n) is 3.50. The lowest BCUT2D eigenvalue weighted by molar-refractivity contribution is 0.118. The van der Waals surface area contributed by atoms with Crippen LogP contribution in [0.5, 0.6) is 0 Å². The number of hydrogen-bond acceptors (Lipinski definition) is 2. The van der Waals surface area contributed by atoms with E-state index in [4.69, 9.17) is 27.9 Å². The molecule has 6 heteroatoms. The molecule has 1 atom stereocenters. The van der Waals surface area contributed by atoms with Crippen LogP contribution in [0.1, 0.15) is 20.3 Å². The summed E-state index contributed by atoms with van der Waals surface area (Å²) in [5.74, 6) is -0.714. The highest BCUT2D eigenvalue weighted by molar-refractivity contribution is 6.35. The van der Waals surface area contributed by atoms with E-state index in [1.807, 2.05) is 6.92 Å². The number of hydrogen-bond donors (Lipinski definition) is 1. The maximum Gasteiger partial charge on any atom is 0.411 e. The minimum atomic E-state index is -0.714. The predicted octanol–water partition coefficient (Wildman–Crippen LogP) is 4.48. The summed E-state index contributed by atoms with van der Waals surface area (Å²) in [7, 11) is 0. The number of benzene rings is 1. The molecule has 1 aromatic rings. The topological polar surface area (TPSA) is 38.3 Å². The van der Waals surface area contributed by atoms with Gasteiger partial charge in [0.25, 0.3) is 0 Å². The first kappa shape index (κ1) is 14.1. The third-order valence-electron chi connectivity index (χ3n) is 2.11. The van der Waals surface area contributed by atoms with E-state index in [1.54, 1.807) is 6.92 Å². The number of anilines is 1. The lowest BCUT2D eigenvalue weighted by Gasteiger charge is -2.12. The van der Waals surface area contributed by atoms with Crippen molar-refractivity contribution < 1.29 is 13.9 Å². The van der Waals surface area contributed by atoms with Crippen LogP contribution in [-0.4, -0.2) is 12.2 Å². The molecule has 0 aliphatic carbocycles. The van der Waals surface area contributed by atoms with Crippen molar-refractivity contribution in [2.24, 2.45) is 0 Å². The molecular weight excluding hydrogens is 268 g/mol. The van der Waals surface area contributed by atoms with Gasteiger partial charge >= 0.3 is 6.09 Å². The van der Waals surface area contributed by atoms with Gasteiger partial charge in [-0.2, -0.15) is 0 Å². The zero-order valence-corrected chi connectivity index (χ0v) is 10.9. The summed E-state index contributed by atoms with van der Waals surface area (Å²) in [5.41, 5.74) is 0.287. The summed E-state index contributed by atoms with van der Waals surface area (Å²) < 4.78 is 18.1. The SMILES string of the molecule is CCC(C)OC(=O)Nc1cc(Cl)c(F)c(Cl)c1. The number of nitrogens with one attached hydrogen (secondary N) is 1. The van der Waals surface area contributed by atoms with Crippen LogP contribution in [0.3, 0.4) is 0 Å². The largest absolute Gasteiger partial charge is 0.446 e. The number of halogens is 3. The first-order chi connectivity index (χ1) is 7.93. The minimum absolute atomic E-state index is 0.156. The van der Waals surface area contributed by atoms with Gasteiger partial charge in [-0.15, -0.1) is 0 Å². The monoisotopic (exact) mass is 279 g/mol. The molecule has 1 aromatic carbocycles. The van der Waals surface area contributed by atoms with Crippen LogP contribution in [0.15, 0.2) is 12.1 Å². The Morgan fingerprint density at radius 3 is 2.47 bits per heavy atom. The van der Waals surface area contributed by atoms with Gasteiger partial charge in [0.2, 0.25) is 0 Å². The molecule has 0 fully saturated rings. The smallest absolute Gasteiger partial charge is 0.411 e. The molecule has 3 nitrogen and oxygen atoms in total. The number of ether oxygens (including phenoxy) is 1. The zero-order valence-electron chi connectivity index (χ0n) is 9.39. The van der Waals surface area contributed by atoms with Crippen molar-refractivity contribution in [2.75, 3.05) is 5.32 Å². The fourth-order valence-electron chi connectivity index (χ4n) is 1.04. The highest BCUT2D eigenvalue weighted by Crippen LogP contribution is 2.27. The summed E-state index contributed by atoms with van der Waals surface area (Å²) in [4.78, 5) is 11.4. The van der Waals surface area contributed by atoms with Gasteiger partial charge in [0.15, 0.2) is 5.82 Å². The second-order valence-corrected chi connectivity index (χ2v) is 4.32. The summed E-state index contributed by atoms with van der Waals surface area (Å²) in [6.45, 7) is 3.66. The Balaban J connectivity index is 2.72. The van der Waals surface area contributed by atoms with Crippen LogP contribution in [0, 0.1) is 5.82 Å². The number of amides is 1. The molecule has 0 spiro atoms. The van der Waals surface area contributed by atoms with E-state index in [-0.39, 0.29) is 21.8 Å². The lowest BCUT2D eigenvalue weighted by Crippen LogP contribution is -2.19. The van der Waals surface area contributed by atoms with Gasteiger partial charge in [0.05, 0.1) is 10.0 Å². The highest BCUT2D eigenvalue weighted by Gasteiger charge is 2.11. The summed E-state index contributed by atoms with van der Waals surface area (Å²) >= 11 is 11.2. The van der Waals surface area contributed by atoms with Gasteiger partial charge < -0.3 is 4.74 Å². The molecule has 94 valence electrons. The van der Waals surface area contributed by atoms with Gasteiger partial charge in [-0.25, -0.2) is 9.18 Å². The number of carbonyl (C=O) groups is 1. The number of rotatable bonds is 3. The third kappa shape index (κ3) is 4.06. The van der Waals surface area contributed by atoms with E-state index >= 15 is 0 Å². The maximum atomic E-state index is 13.1. The number of carbonyl (C=O) groups excluding carboxylic acids is 1. The molecule has 0 bridgehead atoms. The van der Waals surface area contributed by atoms with Crippen molar-refractivity contribution in [2.45, 2.75) is 26.4 Å². The average Bonchev–Trinajstić information content (AvgIpc) is 2.25. The fraction of sp³-hybridized carbons (Fsp3) is 0.364. The molecule has 1 N–H and O–H groups in total. The molecule has 0 aliphatic heterocycles. The van der Waals surface area contributed by atoms with Gasteiger partial charge in [-0.05, 0) is 25.5 Å². The Hall–Kier alpha value is -1.00. The molecule has 1 amide bonds. The Labute approximate surface area is 109 Å². The van der Waals surface area contributed by atoms with E-state index in [9.17, 15) is 9.18 Å². The second kappa shape index (κ2) is 6.07. The van der Waals surface area contributed by atoms with E-state index < -0.39 is 11.9 Å². The zero-order chi connectivity index (χ0) is 13.0. The van der Waals surface area contributed by atoms with Crippen molar-refractivity contribution in [3.05, 3.63) is 28.0 Å². The van der Waals surface area contributed by atoms with Crippen LogP contribution in [0.2, 0.25) is 10.0 Å². The Bertz CT molecular complexity index is 403. The van der Waals surface area contributed by atoms with Crippen LogP contribution in [0.25, 0.3) is 0 Å². The fourth-order valence-corrected chi connectivity index (χ4v) is 1.53. The molecule has 0 radical (unpaired) electrons. The van der Waals surface area contributed by atoms with Gasteiger partial charge in [0.1, 0.15) is 6.10 Å². The van der Waals surface area contributed by atoms with E-state index in [0.717, 1.165) is 0 Å². The predicted molar refractivity (Wildman–Crippen MR) is 66.3 cm³/mol. The van der Waals surface area contributed by atoms with Crippen molar-refractivity contribution >= 4 is 35.0 Å².